The summed E-state index contributed by atoms with van der Waals surface area (Å²) in [6.07, 6.45) is 4.68. The van der Waals surface area contributed by atoms with E-state index in [4.69, 9.17) is 9.15 Å². The van der Waals surface area contributed by atoms with E-state index in [0.717, 1.165) is 11.3 Å². The van der Waals surface area contributed by atoms with Crippen LogP contribution in [-0.4, -0.2) is 41.3 Å². The van der Waals surface area contributed by atoms with Crippen molar-refractivity contribution in [1.29, 1.82) is 0 Å². The van der Waals surface area contributed by atoms with Crippen molar-refractivity contribution in [3.8, 4) is 0 Å². The molecule has 2 unspecified atom stereocenters. The summed E-state index contributed by atoms with van der Waals surface area (Å²) in [5, 5.41) is 10.0. The predicted molar refractivity (Wildman–Crippen MR) is 79.7 cm³/mol. The fourth-order valence-corrected chi connectivity index (χ4v) is 2.11. The highest BCUT2D eigenvalue weighted by Crippen LogP contribution is 2.17. The summed E-state index contributed by atoms with van der Waals surface area (Å²) >= 11 is 0. The lowest BCUT2D eigenvalue weighted by Gasteiger charge is -2.27. The van der Waals surface area contributed by atoms with Crippen LogP contribution in [0.4, 0.5) is 0 Å². The topological polar surface area (TPSA) is 58.7 Å². The Morgan fingerprint density at radius 1 is 1.38 bits per heavy atom. The molecule has 21 heavy (non-hydrogen) atoms. The molecule has 0 aliphatic heterocycles. The minimum atomic E-state index is -0.538. The second kappa shape index (κ2) is 7.93. The van der Waals surface area contributed by atoms with Crippen molar-refractivity contribution in [3.05, 3.63) is 54.2 Å². The van der Waals surface area contributed by atoms with E-state index in [-0.39, 0.29) is 12.6 Å². The summed E-state index contributed by atoms with van der Waals surface area (Å²) in [5.74, 6) is 0.763. The molecule has 2 aromatic heterocycles. The van der Waals surface area contributed by atoms with Gasteiger partial charge in [0.25, 0.3) is 0 Å². The lowest BCUT2D eigenvalue weighted by molar-refractivity contribution is 0.00383. The van der Waals surface area contributed by atoms with Crippen LogP contribution in [0.3, 0.4) is 0 Å². The van der Waals surface area contributed by atoms with Gasteiger partial charge in [0, 0.05) is 25.0 Å². The zero-order valence-electron chi connectivity index (χ0n) is 12.5. The number of aromatic nitrogens is 1. The molecule has 2 atom stereocenters. The van der Waals surface area contributed by atoms with Crippen molar-refractivity contribution in [1.82, 2.24) is 9.88 Å². The number of hydrogen-bond acceptors (Lipinski definition) is 5. The van der Waals surface area contributed by atoms with Crippen LogP contribution in [0.25, 0.3) is 0 Å². The second-order valence-corrected chi connectivity index (χ2v) is 5.15. The standard InChI is InChI=1S/C16H22N2O3/c1-13(14-5-3-7-17-9-14)18(2)10-15(19)11-20-12-16-6-4-8-21-16/h3-9,13,15,19H,10-12H2,1-2H3. The average molecular weight is 290 g/mol. The zero-order chi connectivity index (χ0) is 15.1. The molecule has 0 radical (unpaired) electrons. The van der Waals surface area contributed by atoms with Crippen molar-refractivity contribution in [2.75, 3.05) is 20.2 Å². The van der Waals surface area contributed by atoms with Crippen LogP contribution in [0.1, 0.15) is 24.3 Å². The van der Waals surface area contributed by atoms with E-state index in [1.807, 2.05) is 37.5 Å². The molecule has 114 valence electrons. The maximum Gasteiger partial charge on any atom is 0.129 e. The molecule has 0 saturated heterocycles. The van der Waals surface area contributed by atoms with E-state index in [2.05, 4.69) is 16.8 Å². The van der Waals surface area contributed by atoms with Crippen molar-refractivity contribution >= 4 is 0 Å². The van der Waals surface area contributed by atoms with Gasteiger partial charge in [0.05, 0.1) is 19.0 Å². The SMILES string of the molecule is CC(c1cccnc1)N(C)CC(O)COCc1ccco1. The van der Waals surface area contributed by atoms with Gasteiger partial charge in [0.15, 0.2) is 0 Å². The van der Waals surface area contributed by atoms with Gasteiger partial charge in [-0.3, -0.25) is 9.88 Å². The van der Waals surface area contributed by atoms with Gasteiger partial charge in [0.2, 0.25) is 0 Å². The Hall–Kier alpha value is -1.69. The number of rotatable bonds is 8. The Balaban J connectivity index is 1.72. The fraction of sp³-hybridized carbons (Fsp3) is 0.438. The van der Waals surface area contributed by atoms with Crippen molar-refractivity contribution in [3.63, 3.8) is 0 Å². The van der Waals surface area contributed by atoms with Gasteiger partial charge in [-0.05, 0) is 37.7 Å². The predicted octanol–water partition coefficient (Wildman–Crippen LogP) is 2.25. The number of hydrogen-bond donors (Lipinski definition) is 1. The highest BCUT2D eigenvalue weighted by molar-refractivity contribution is 5.12. The Labute approximate surface area is 125 Å². The van der Waals surface area contributed by atoms with Crippen LogP contribution >= 0.6 is 0 Å². The van der Waals surface area contributed by atoms with Crippen LogP contribution in [0, 0.1) is 0 Å². The van der Waals surface area contributed by atoms with Crippen LogP contribution < -0.4 is 0 Å². The Morgan fingerprint density at radius 2 is 2.24 bits per heavy atom. The quantitative estimate of drug-likeness (QED) is 0.808. The summed E-state index contributed by atoms with van der Waals surface area (Å²) in [7, 11) is 1.98. The molecule has 0 bridgehead atoms. The lowest BCUT2D eigenvalue weighted by Crippen LogP contribution is -2.34. The number of ether oxygens (including phenoxy) is 1. The normalized spacial score (nSPS) is 14.3. The Bertz CT molecular complexity index is 502. The Kier molecular flexibility index (Phi) is 5.92. The first-order chi connectivity index (χ1) is 10.2. The number of nitrogens with zero attached hydrogens (tertiary/aromatic N) is 2. The van der Waals surface area contributed by atoms with E-state index < -0.39 is 6.10 Å². The molecule has 0 aliphatic carbocycles. The second-order valence-electron chi connectivity index (χ2n) is 5.15. The van der Waals surface area contributed by atoms with Gasteiger partial charge >= 0.3 is 0 Å². The number of furan rings is 1. The summed E-state index contributed by atoms with van der Waals surface area (Å²) in [5.41, 5.74) is 1.13. The highest BCUT2D eigenvalue weighted by atomic mass is 16.5. The molecule has 0 amide bonds. The molecule has 2 aromatic rings. The average Bonchev–Trinajstić information content (AvgIpc) is 3.00. The highest BCUT2D eigenvalue weighted by Gasteiger charge is 2.15. The van der Waals surface area contributed by atoms with Gasteiger partial charge in [-0.1, -0.05) is 6.07 Å². The third-order valence-electron chi connectivity index (χ3n) is 3.46. The molecule has 2 rings (SSSR count). The maximum absolute atomic E-state index is 10.0. The zero-order valence-corrected chi connectivity index (χ0v) is 12.5. The molecular weight excluding hydrogens is 268 g/mol. The van der Waals surface area contributed by atoms with E-state index in [0.29, 0.717) is 13.2 Å². The van der Waals surface area contributed by atoms with Gasteiger partial charge in [-0.2, -0.15) is 0 Å². The van der Waals surface area contributed by atoms with Crippen LogP contribution in [0.5, 0.6) is 0 Å². The van der Waals surface area contributed by atoms with E-state index in [1.165, 1.54) is 0 Å². The first-order valence-electron chi connectivity index (χ1n) is 7.05. The molecule has 5 nitrogen and oxygen atoms in total. The Morgan fingerprint density at radius 3 is 2.90 bits per heavy atom. The van der Waals surface area contributed by atoms with Crippen molar-refractivity contribution < 1.29 is 14.3 Å². The number of aliphatic hydroxyl groups excluding tert-OH is 1. The molecule has 2 heterocycles. The van der Waals surface area contributed by atoms with E-state index >= 15 is 0 Å². The molecule has 0 fully saturated rings. The number of pyridine rings is 1. The van der Waals surface area contributed by atoms with Gasteiger partial charge in [0.1, 0.15) is 12.4 Å². The number of likely N-dealkylation sites (N-methyl/N-ethyl adjacent to an activating group) is 1. The molecule has 0 aromatic carbocycles. The summed E-state index contributed by atoms with van der Waals surface area (Å²) < 4.78 is 10.6. The minimum absolute atomic E-state index is 0.193. The first-order valence-corrected chi connectivity index (χ1v) is 7.05. The van der Waals surface area contributed by atoms with E-state index in [9.17, 15) is 5.11 Å². The first kappa shape index (κ1) is 15.7. The van der Waals surface area contributed by atoms with Crippen LogP contribution in [0.2, 0.25) is 0 Å². The van der Waals surface area contributed by atoms with Gasteiger partial charge in [-0.15, -0.1) is 0 Å². The largest absolute Gasteiger partial charge is 0.467 e. The number of aliphatic hydroxyl groups is 1. The van der Waals surface area contributed by atoms with Crippen molar-refractivity contribution in [2.45, 2.75) is 25.7 Å². The van der Waals surface area contributed by atoms with E-state index in [1.54, 1.807) is 12.5 Å². The molecule has 0 spiro atoms. The monoisotopic (exact) mass is 290 g/mol. The lowest BCUT2D eigenvalue weighted by atomic mass is 10.1. The smallest absolute Gasteiger partial charge is 0.129 e. The van der Waals surface area contributed by atoms with Gasteiger partial charge < -0.3 is 14.3 Å². The fourth-order valence-electron chi connectivity index (χ4n) is 2.11. The van der Waals surface area contributed by atoms with Crippen LogP contribution in [-0.2, 0) is 11.3 Å². The third-order valence-corrected chi connectivity index (χ3v) is 3.46. The summed E-state index contributed by atoms with van der Waals surface area (Å²) in [4.78, 5) is 6.20. The molecule has 0 aliphatic rings. The van der Waals surface area contributed by atoms with Gasteiger partial charge in [-0.25, -0.2) is 0 Å². The van der Waals surface area contributed by atoms with Crippen LogP contribution in [0.15, 0.2) is 47.3 Å². The third kappa shape index (κ3) is 4.97. The maximum atomic E-state index is 10.0. The molecular formula is C16H22N2O3. The summed E-state index contributed by atoms with van der Waals surface area (Å²) in [6.45, 7) is 3.29. The molecule has 5 heteroatoms. The molecule has 0 saturated carbocycles. The molecule has 1 N–H and O–H groups in total. The summed E-state index contributed by atoms with van der Waals surface area (Å²) in [6, 6.07) is 7.82. The van der Waals surface area contributed by atoms with Crippen molar-refractivity contribution in [2.24, 2.45) is 0 Å². The minimum Gasteiger partial charge on any atom is -0.467 e.